The number of nitrogens with zero attached hydrogens (tertiary/aromatic N) is 2. The van der Waals surface area contributed by atoms with Crippen LogP contribution in [0.15, 0.2) is 24.4 Å². The molecule has 0 aliphatic heterocycles. The predicted molar refractivity (Wildman–Crippen MR) is 81.5 cm³/mol. The van der Waals surface area contributed by atoms with E-state index in [1.807, 2.05) is 6.07 Å². The van der Waals surface area contributed by atoms with E-state index in [4.69, 9.17) is 14.7 Å². The van der Waals surface area contributed by atoms with Crippen molar-refractivity contribution < 1.29 is 23.5 Å². The summed E-state index contributed by atoms with van der Waals surface area (Å²) >= 11 is 0. The number of halogens is 1. The molecule has 0 amide bonds. The number of pyridine rings is 1. The number of esters is 1. The van der Waals surface area contributed by atoms with Gasteiger partial charge in [-0.15, -0.1) is 0 Å². The molecule has 2 rings (SSSR count). The lowest BCUT2D eigenvalue weighted by Gasteiger charge is -2.13. The van der Waals surface area contributed by atoms with Crippen LogP contribution in [0.4, 0.5) is 4.39 Å². The summed E-state index contributed by atoms with van der Waals surface area (Å²) in [5.41, 5.74) is 0.319. The molecular formula is C17H13FN2O4. The highest BCUT2D eigenvalue weighted by Gasteiger charge is 2.22. The molecule has 0 saturated heterocycles. The maximum absolute atomic E-state index is 14.2. The quantitative estimate of drug-likeness (QED) is 0.618. The van der Waals surface area contributed by atoms with Gasteiger partial charge in [0.05, 0.1) is 18.2 Å². The number of aldehydes is 1. The number of carbonyl (C=O) groups excluding carboxylic acids is 2. The third kappa shape index (κ3) is 3.38. The van der Waals surface area contributed by atoms with Crippen LogP contribution in [0.5, 0.6) is 11.6 Å². The second-order valence-corrected chi connectivity index (χ2v) is 4.74. The maximum atomic E-state index is 14.2. The zero-order chi connectivity index (χ0) is 17.7. The number of rotatable bonds is 5. The fourth-order valence-electron chi connectivity index (χ4n) is 2.06. The summed E-state index contributed by atoms with van der Waals surface area (Å²) in [6.45, 7) is 3.25. The van der Waals surface area contributed by atoms with Crippen molar-refractivity contribution in [3.05, 3.63) is 52.5 Å². The van der Waals surface area contributed by atoms with E-state index in [1.165, 1.54) is 18.3 Å². The summed E-state index contributed by atoms with van der Waals surface area (Å²) in [5, 5.41) is 8.84. The molecule has 0 atom stereocenters. The monoisotopic (exact) mass is 328 g/mol. The summed E-state index contributed by atoms with van der Waals surface area (Å²) in [7, 11) is 0. The van der Waals surface area contributed by atoms with Gasteiger partial charge in [-0.1, -0.05) is 0 Å². The first kappa shape index (κ1) is 17.1. The Morgan fingerprint density at radius 3 is 2.79 bits per heavy atom. The average Bonchev–Trinajstić information content (AvgIpc) is 2.57. The predicted octanol–water partition coefficient (Wildman–Crippen LogP) is 3.18. The third-order valence-corrected chi connectivity index (χ3v) is 3.11. The lowest BCUT2D eigenvalue weighted by molar-refractivity contribution is 0.0520. The highest BCUT2D eigenvalue weighted by atomic mass is 19.1. The zero-order valence-corrected chi connectivity index (χ0v) is 13.0. The number of hydrogen-bond donors (Lipinski definition) is 0. The zero-order valence-electron chi connectivity index (χ0n) is 13.0. The van der Waals surface area contributed by atoms with Gasteiger partial charge in [-0.25, -0.2) is 14.2 Å². The van der Waals surface area contributed by atoms with Crippen molar-refractivity contribution in [2.24, 2.45) is 0 Å². The Morgan fingerprint density at radius 2 is 2.21 bits per heavy atom. The van der Waals surface area contributed by atoms with Gasteiger partial charge in [-0.3, -0.25) is 4.79 Å². The molecule has 0 N–H and O–H groups in total. The van der Waals surface area contributed by atoms with E-state index in [0.717, 1.165) is 6.07 Å². The lowest BCUT2D eigenvalue weighted by Crippen LogP contribution is -2.11. The van der Waals surface area contributed by atoms with Crippen molar-refractivity contribution in [3.8, 4) is 17.7 Å². The van der Waals surface area contributed by atoms with Crippen molar-refractivity contribution >= 4 is 12.3 Å². The summed E-state index contributed by atoms with van der Waals surface area (Å²) in [6.07, 6.45) is 1.72. The molecule has 0 radical (unpaired) electrons. The van der Waals surface area contributed by atoms with Crippen LogP contribution in [0, 0.1) is 24.1 Å². The van der Waals surface area contributed by atoms with Crippen LogP contribution >= 0.6 is 0 Å². The largest absolute Gasteiger partial charge is 0.462 e. The second-order valence-electron chi connectivity index (χ2n) is 4.74. The Balaban J connectivity index is 2.53. The SMILES string of the molecule is CCOC(=O)c1c(C=O)ccnc1Oc1c(C)cc(C#N)cc1F. The molecule has 2 aromatic rings. The minimum atomic E-state index is -0.797. The fraction of sp³-hybridized carbons (Fsp3) is 0.176. The smallest absolute Gasteiger partial charge is 0.344 e. The Labute approximate surface area is 137 Å². The Hall–Kier alpha value is -3.27. The number of carbonyl (C=O) groups is 2. The third-order valence-electron chi connectivity index (χ3n) is 3.11. The molecule has 0 aliphatic rings. The number of aromatic nitrogens is 1. The van der Waals surface area contributed by atoms with Crippen LogP contribution in [0.3, 0.4) is 0 Å². The van der Waals surface area contributed by atoms with Crippen LogP contribution in [0.25, 0.3) is 0 Å². The van der Waals surface area contributed by atoms with E-state index >= 15 is 0 Å². The summed E-state index contributed by atoms with van der Waals surface area (Å²) < 4.78 is 24.5. The van der Waals surface area contributed by atoms with Gasteiger partial charge in [-0.2, -0.15) is 5.26 Å². The minimum absolute atomic E-state index is 0.0187. The van der Waals surface area contributed by atoms with Gasteiger partial charge in [0.25, 0.3) is 0 Å². The fourth-order valence-corrected chi connectivity index (χ4v) is 2.06. The molecule has 1 heterocycles. The highest BCUT2D eigenvalue weighted by Crippen LogP contribution is 2.31. The average molecular weight is 328 g/mol. The van der Waals surface area contributed by atoms with Crippen molar-refractivity contribution in [1.29, 1.82) is 5.26 Å². The molecule has 24 heavy (non-hydrogen) atoms. The van der Waals surface area contributed by atoms with Gasteiger partial charge in [0.15, 0.2) is 17.9 Å². The van der Waals surface area contributed by atoms with E-state index in [2.05, 4.69) is 4.98 Å². The first-order valence-electron chi connectivity index (χ1n) is 7.01. The maximum Gasteiger partial charge on any atom is 0.344 e. The van der Waals surface area contributed by atoms with Crippen molar-refractivity contribution in [1.82, 2.24) is 4.98 Å². The number of benzene rings is 1. The van der Waals surface area contributed by atoms with Crippen LogP contribution in [0.1, 0.15) is 38.8 Å². The van der Waals surface area contributed by atoms with Gasteiger partial charge in [0.2, 0.25) is 5.88 Å². The first-order chi connectivity index (χ1) is 11.5. The molecule has 0 saturated carbocycles. The van der Waals surface area contributed by atoms with E-state index in [9.17, 15) is 14.0 Å². The second kappa shape index (κ2) is 7.33. The van der Waals surface area contributed by atoms with E-state index in [1.54, 1.807) is 13.8 Å². The van der Waals surface area contributed by atoms with Crippen LogP contribution in [-0.4, -0.2) is 23.8 Å². The number of ether oxygens (including phenoxy) is 2. The molecule has 122 valence electrons. The highest BCUT2D eigenvalue weighted by molar-refractivity contribution is 6.00. The molecule has 0 aliphatic carbocycles. The molecule has 0 fully saturated rings. The van der Waals surface area contributed by atoms with Gasteiger partial charge < -0.3 is 9.47 Å². The van der Waals surface area contributed by atoms with Crippen molar-refractivity contribution in [2.75, 3.05) is 6.61 Å². The molecular weight excluding hydrogens is 315 g/mol. The van der Waals surface area contributed by atoms with Gasteiger partial charge in [0, 0.05) is 11.8 Å². The Kier molecular flexibility index (Phi) is 5.22. The minimum Gasteiger partial charge on any atom is -0.462 e. The van der Waals surface area contributed by atoms with Crippen LogP contribution in [-0.2, 0) is 4.74 Å². The number of hydrogen-bond acceptors (Lipinski definition) is 6. The summed E-state index contributed by atoms with van der Waals surface area (Å²) in [4.78, 5) is 27.1. The van der Waals surface area contributed by atoms with E-state index in [0.29, 0.717) is 11.8 Å². The summed E-state index contributed by atoms with van der Waals surface area (Å²) in [5.74, 6) is -2.01. The Morgan fingerprint density at radius 1 is 1.46 bits per heavy atom. The molecule has 1 aromatic heterocycles. The normalized spacial score (nSPS) is 9.92. The Bertz CT molecular complexity index is 820. The lowest BCUT2D eigenvalue weighted by atomic mass is 10.1. The standard InChI is InChI=1S/C17H13FN2O4/c1-3-23-17(22)14-12(9-21)4-5-20-16(14)24-15-10(2)6-11(8-19)7-13(15)18/h4-7,9H,3H2,1-2H3. The first-order valence-corrected chi connectivity index (χ1v) is 7.01. The summed E-state index contributed by atoms with van der Waals surface area (Å²) in [6, 6.07) is 5.61. The topological polar surface area (TPSA) is 89.3 Å². The molecule has 1 aromatic carbocycles. The van der Waals surface area contributed by atoms with Gasteiger partial charge >= 0.3 is 5.97 Å². The molecule has 0 unspecified atom stereocenters. The van der Waals surface area contributed by atoms with E-state index < -0.39 is 11.8 Å². The molecule has 6 nitrogen and oxygen atoms in total. The van der Waals surface area contributed by atoms with Crippen molar-refractivity contribution in [3.63, 3.8) is 0 Å². The van der Waals surface area contributed by atoms with Gasteiger partial charge in [0.1, 0.15) is 5.56 Å². The van der Waals surface area contributed by atoms with Crippen LogP contribution < -0.4 is 4.74 Å². The van der Waals surface area contributed by atoms with Crippen LogP contribution in [0.2, 0.25) is 0 Å². The molecule has 0 bridgehead atoms. The van der Waals surface area contributed by atoms with Gasteiger partial charge in [-0.05, 0) is 37.6 Å². The molecule has 7 heteroatoms. The molecule has 0 spiro atoms. The van der Waals surface area contributed by atoms with E-state index in [-0.39, 0.29) is 34.9 Å². The number of nitriles is 1. The number of aryl methyl sites for hydroxylation is 1. The van der Waals surface area contributed by atoms with Crippen molar-refractivity contribution in [2.45, 2.75) is 13.8 Å².